The number of methoxy groups -OCH3 is 2. The topological polar surface area (TPSA) is 126 Å². The summed E-state index contributed by atoms with van der Waals surface area (Å²) in [6.45, 7) is 3.29. The minimum Gasteiger partial charge on any atom is -0.497 e. The van der Waals surface area contributed by atoms with Crippen molar-refractivity contribution in [2.24, 2.45) is 0 Å². The van der Waals surface area contributed by atoms with Crippen molar-refractivity contribution in [3.05, 3.63) is 95.7 Å². The lowest BCUT2D eigenvalue weighted by Gasteiger charge is -2.28. The summed E-state index contributed by atoms with van der Waals surface area (Å²) in [6.07, 6.45) is 6.11. The van der Waals surface area contributed by atoms with E-state index in [2.05, 4.69) is 40.7 Å². The quantitative estimate of drug-likeness (QED) is 0.116. The lowest BCUT2D eigenvalue weighted by molar-refractivity contribution is -0.123. The number of carbonyl (C=O) groups is 1. The number of aromatic amines is 1. The zero-order chi connectivity index (χ0) is 31.3. The van der Waals surface area contributed by atoms with Crippen molar-refractivity contribution in [1.82, 2.24) is 20.5 Å². The van der Waals surface area contributed by atoms with E-state index in [0.29, 0.717) is 30.2 Å². The Morgan fingerprint density at radius 2 is 1.75 bits per heavy atom. The Morgan fingerprint density at radius 1 is 0.977 bits per heavy atom. The van der Waals surface area contributed by atoms with E-state index in [1.165, 1.54) is 16.5 Å². The summed E-state index contributed by atoms with van der Waals surface area (Å²) >= 11 is 0. The van der Waals surface area contributed by atoms with E-state index in [0.717, 1.165) is 36.9 Å². The van der Waals surface area contributed by atoms with E-state index >= 15 is 0 Å². The molecule has 5 N–H and O–H groups in total. The summed E-state index contributed by atoms with van der Waals surface area (Å²) in [5, 5.41) is 24.9. The van der Waals surface area contributed by atoms with Gasteiger partial charge in [-0.1, -0.05) is 55.0 Å². The van der Waals surface area contributed by atoms with Gasteiger partial charge in [0, 0.05) is 35.2 Å². The van der Waals surface area contributed by atoms with Crippen molar-refractivity contribution < 1.29 is 14.3 Å². The first-order chi connectivity index (χ1) is 21.4. The van der Waals surface area contributed by atoms with Crippen LogP contribution in [0.1, 0.15) is 42.4 Å². The zero-order valence-corrected chi connectivity index (χ0v) is 25.9. The average molecular weight is 597 g/mol. The fourth-order valence-electron chi connectivity index (χ4n) is 5.23. The SMILES string of the molecule is COc1ccc(CN(C(=N)CCc2ccccc2)C(=N)CNC(=O)C2CCCCN2)c(OC)c1.Cc1c[nH]c2ccccc12. The number of H-pyrrole nitrogens is 1. The molecule has 5 rings (SSSR count). The molecule has 9 nitrogen and oxygen atoms in total. The minimum atomic E-state index is -0.214. The van der Waals surface area contributed by atoms with Crippen LogP contribution in [0.25, 0.3) is 10.9 Å². The number of nitrogens with one attached hydrogen (secondary N) is 5. The van der Waals surface area contributed by atoms with Gasteiger partial charge in [-0.15, -0.1) is 0 Å². The van der Waals surface area contributed by atoms with Gasteiger partial charge in [-0.05, 0) is 62.1 Å². The third-order valence-corrected chi connectivity index (χ3v) is 7.82. The molecule has 1 aromatic heterocycles. The number of amides is 1. The minimum absolute atomic E-state index is 0.0587. The van der Waals surface area contributed by atoms with E-state index < -0.39 is 0 Å². The summed E-state index contributed by atoms with van der Waals surface area (Å²) in [5.74, 6) is 1.69. The van der Waals surface area contributed by atoms with Gasteiger partial charge in [-0.3, -0.25) is 15.6 Å². The van der Waals surface area contributed by atoms with E-state index in [9.17, 15) is 4.79 Å². The number of hydrogen-bond donors (Lipinski definition) is 5. The average Bonchev–Trinajstić information content (AvgIpc) is 3.46. The molecule has 1 unspecified atom stereocenters. The largest absolute Gasteiger partial charge is 0.497 e. The van der Waals surface area contributed by atoms with Crippen LogP contribution < -0.4 is 20.1 Å². The molecule has 0 radical (unpaired) electrons. The molecule has 1 saturated heterocycles. The Hall–Kier alpha value is -4.63. The summed E-state index contributed by atoms with van der Waals surface area (Å²) in [6, 6.07) is 23.6. The fraction of sp³-hybridized carbons (Fsp3) is 0.343. The third-order valence-electron chi connectivity index (χ3n) is 7.82. The molecule has 4 aromatic rings. The number of aryl methyl sites for hydroxylation is 2. The lowest BCUT2D eigenvalue weighted by Crippen LogP contribution is -2.50. The number of piperidine rings is 1. The molecule has 0 bridgehead atoms. The molecule has 0 aliphatic carbocycles. The molecule has 0 saturated carbocycles. The lowest BCUT2D eigenvalue weighted by atomic mass is 10.0. The van der Waals surface area contributed by atoms with Crippen LogP contribution in [0.2, 0.25) is 0 Å². The second-order valence-corrected chi connectivity index (χ2v) is 10.9. The van der Waals surface area contributed by atoms with Crippen molar-refractivity contribution in [3.8, 4) is 11.5 Å². The highest BCUT2D eigenvalue weighted by Gasteiger charge is 2.23. The van der Waals surface area contributed by atoms with Crippen molar-refractivity contribution in [2.45, 2.75) is 51.6 Å². The first-order valence-corrected chi connectivity index (χ1v) is 15.1. The molecule has 3 aromatic carbocycles. The number of benzene rings is 3. The molecule has 0 spiro atoms. The predicted octanol–water partition coefficient (Wildman–Crippen LogP) is 5.83. The van der Waals surface area contributed by atoms with Gasteiger partial charge < -0.3 is 30.0 Å². The highest BCUT2D eigenvalue weighted by atomic mass is 16.5. The first kappa shape index (κ1) is 32.3. The molecule has 232 valence electrons. The van der Waals surface area contributed by atoms with Crippen molar-refractivity contribution >= 4 is 28.5 Å². The second-order valence-electron chi connectivity index (χ2n) is 10.9. The molecule has 1 amide bonds. The maximum atomic E-state index is 12.6. The molecule has 9 heteroatoms. The van der Waals surface area contributed by atoms with Gasteiger partial charge in [0.15, 0.2) is 0 Å². The number of nitrogens with zero attached hydrogens (tertiary/aromatic N) is 1. The number of carbonyl (C=O) groups excluding carboxylic acids is 1. The molecule has 2 heterocycles. The normalized spacial score (nSPS) is 14.2. The fourth-order valence-corrected chi connectivity index (χ4v) is 5.23. The maximum absolute atomic E-state index is 12.6. The molecular formula is C35H44N6O3. The van der Waals surface area contributed by atoms with Gasteiger partial charge in [-0.25, -0.2) is 0 Å². The summed E-state index contributed by atoms with van der Waals surface area (Å²) in [4.78, 5) is 17.4. The summed E-state index contributed by atoms with van der Waals surface area (Å²) < 4.78 is 10.8. The van der Waals surface area contributed by atoms with Crippen LogP contribution in [0.15, 0.2) is 79.0 Å². The number of fused-ring (bicyclic) bond motifs is 1. The third kappa shape index (κ3) is 8.94. The van der Waals surface area contributed by atoms with Crippen LogP contribution in [0.3, 0.4) is 0 Å². The Kier molecular flexibility index (Phi) is 11.9. The smallest absolute Gasteiger partial charge is 0.237 e. The Balaban J connectivity index is 0.000000369. The number of hydrogen-bond acceptors (Lipinski definition) is 6. The second kappa shape index (κ2) is 16.3. The molecule has 1 aliphatic rings. The van der Waals surface area contributed by atoms with Crippen LogP contribution >= 0.6 is 0 Å². The number of aromatic nitrogens is 1. The Bertz CT molecular complexity index is 1530. The molecule has 1 atom stereocenters. The molecular weight excluding hydrogens is 552 g/mol. The Labute approximate surface area is 260 Å². The van der Waals surface area contributed by atoms with Gasteiger partial charge in [0.2, 0.25) is 5.91 Å². The maximum Gasteiger partial charge on any atom is 0.237 e. The summed E-state index contributed by atoms with van der Waals surface area (Å²) in [7, 11) is 3.19. The summed E-state index contributed by atoms with van der Waals surface area (Å²) in [5.41, 5.74) is 4.51. The molecule has 44 heavy (non-hydrogen) atoms. The van der Waals surface area contributed by atoms with Gasteiger partial charge in [0.1, 0.15) is 23.2 Å². The van der Waals surface area contributed by atoms with Crippen LogP contribution in [0, 0.1) is 17.7 Å². The zero-order valence-electron chi connectivity index (χ0n) is 25.9. The van der Waals surface area contributed by atoms with Gasteiger partial charge in [0.05, 0.1) is 33.4 Å². The number of ether oxygens (including phenoxy) is 2. The van der Waals surface area contributed by atoms with Gasteiger partial charge in [0.25, 0.3) is 0 Å². The highest BCUT2D eigenvalue weighted by molar-refractivity contribution is 6.00. The van der Waals surface area contributed by atoms with Gasteiger partial charge in [-0.2, -0.15) is 0 Å². The number of rotatable bonds is 10. The highest BCUT2D eigenvalue weighted by Crippen LogP contribution is 2.26. The number of amidine groups is 2. The van der Waals surface area contributed by atoms with Crippen molar-refractivity contribution in [2.75, 3.05) is 27.3 Å². The van der Waals surface area contributed by atoms with E-state index in [1.54, 1.807) is 25.2 Å². The Morgan fingerprint density at radius 3 is 2.45 bits per heavy atom. The van der Waals surface area contributed by atoms with Crippen molar-refractivity contribution in [3.63, 3.8) is 0 Å². The van der Waals surface area contributed by atoms with E-state index in [1.807, 2.05) is 54.7 Å². The van der Waals surface area contributed by atoms with Crippen molar-refractivity contribution in [1.29, 1.82) is 10.8 Å². The first-order valence-electron chi connectivity index (χ1n) is 15.1. The predicted molar refractivity (Wildman–Crippen MR) is 177 cm³/mol. The number of para-hydroxylation sites is 1. The van der Waals surface area contributed by atoms with E-state index in [4.69, 9.17) is 20.3 Å². The van der Waals surface area contributed by atoms with Crippen LogP contribution in [0.5, 0.6) is 11.5 Å². The van der Waals surface area contributed by atoms with Crippen LogP contribution in [-0.4, -0.2) is 60.8 Å². The monoisotopic (exact) mass is 596 g/mol. The van der Waals surface area contributed by atoms with Crippen LogP contribution in [-0.2, 0) is 17.8 Å². The van der Waals surface area contributed by atoms with E-state index in [-0.39, 0.29) is 30.9 Å². The molecule has 1 fully saturated rings. The van der Waals surface area contributed by atoms with Crippen LogP contribution in [0.4, 0.5) is 0 Å². The molecule has 1 aliphatic heterocycles. The standard InChI is InChI=1S/C26H35N5O3.C9H9N/c1-33-21-13-12-20(23(16-21)34-2)18-31(24(27)14-11-19-8-4-3-5-9-19)25(28)17-30-26(32)22-10-6-7-15-29-22;1-7-6-10-9-5-3-2-4-8(7)9/h3-5,8-9,12-13,16,22,27-29H,6-7,10-11,14-15,17-18H2,1-2H3,(H,30,32);2-6,10H,1H3. The van der Waals surface area contributed by atoms with Gasteiger partial charge >= 0.3 is 0 Å².